The molecule has 0 spiro atoms. The van der Waals surface area contributed by atoms with Crippen molar-refractivity contribution in [2.24, 2.45) is 57.0 Å². The van der Waals surface area contributed by atoms with Gasteiger partial charge in [-0.1, -0.05) is 94.5 Å². The second-order valence-electron chi connectivity index (χ2n) is 17.6. The van der Waals surface area contributed by atoms with E-state index in [-0.39, 0.29) is 23.2 Å². The fourth-order valence-electron chi connectivity index (χ4n) is 10.6. The predicted molar refractivity (Wildman–Crippen MR) is 191 cm³/mol. The lowest BCUT2D eigenvalue weighted by Gasteiger charge is -2.62. The molecule has 0 radical (unpaired) electrons. The largest absolute Gasteiger partial charge is 0.481 e. The van der Waals surface area contributed by atoms with E-state index in [1.165, 1.54) is 62.2 Å². The second kappa shape index (κ2) is 13.7. The Morgan fingerprint density at radius 3 is 2.22 bits per heavy atom. The van der Waals surface area contributed by atoms with Crippen molar-refractivity contribution in [1.29, 1.82) is 0 Å². The number of esters is 1. The van der Waals surface area contributed by atoms with E-state index in [2.05, 4.69) is 55.4 Å². The van der Waals surface area contributed by atoms with Crippen molar-refractivity contribution in [3.63, 3.8) is 0 Å². The van der Waals surface area contributed by atoms with Crippen molar-refractivity contribution in [3.8, 4) is 0 Å². The number of carboxylic acid groups (broad SMARTS) is 1. The summed E-state index contributed by atoms with van der Waals surface area (Å²) in [6.45, 7) is 23.0. The van der Waals surface area contributed by atoms with Crippen LogP contribution >= 0.6 is 21.6 Å². The summed E-state index contributed by atoms with van der Waals surface area (Å²) in [6, 6.07) is 0.319. The van der Waals surface area contributed by atoms with Gasteiger partial charge in [0.15, 0.2) is 0 Å². The summed E-state index contributed by atoms with van der Waals surface area (Å²) in [6.07, 6.45) is 13.4. The maximum atomic E-state index is 12.9. The average Bonchev–Trinajstić information content (AvgIpc) is 3.23. The van der Waals surface area contributed by atoms with Crippen LogP contribution in [0.2, 0.25) is 0 Å². The summed E-state index contributed by atoms with van der Waals surface area (Å²) in [5, 5.41) is 9.05. The Balaban J connectivity index is 1.32. The van der Waals surface area contributed by atoms with E-state index in [1.807, 2.05) is 18.1 Å². The average molecular weight is 664 g/mol. The molecule has 0 aromatic heterocycles. The maximum Gasteiger partial charge on any atom is 0.310 e. The van der Waals surface area contributed by atoms with Gasteiger partial charge < -0.3 is 15.6 Å². The molecule has 3 N–H and O–H groups in total. The Labute approximate surface area is 283 Å². The molecule has 5 nitrogen and oxygen atoms in total. The number of aliphatic carboxylic acids is 1. The van der Waals surface area contributed by atoms with Crippen molar-refractivity contribution in [2.45, 2.75) is 152 Å². The summed E-state index contributed by atoms with van der Waals surface area (Å²) in [5.41, 5.74) is 11.1. The molecule has 3 unspecified atom stereocenters. The van der Waals surface area contributed by atoms with Crippen molar-refractivity contribution in [1.82, 2.24) is 0 Å². The number of carbonyl (C=O) groups excluding carboxylic acids is 1. The molecule has 4 aliphatic rings. The first-order valence-electron chi connectivity index (χ1n) is 18.0. The smallest absolute Gasteiger partial charge is 0.310 e. The number of hydrogen-bond acceptors (Lipinski definition) is 6. The topological polar surface area (TPSA) is 89.6 Å². The molecule has 2 fully saturated rings. The van der Waals surface area contributed by atoms with E-state index in [0.717, 1.165) is 25.2 Å². The molecule has 0 bridgehead atoms. The van der Waals surface area contributed by atoms with Gasteiger partial charge in [-0.25, -0.2) is 0 Å². The number of ether oxygens (including phenoxy) is 1. The molecule has 0 amide bonds. The SMILES string of the molecule is CC(CSSCC(C)C(=O)OC(C)(C)CCC[C@@H](C)[C@H]1CC[C@@]2(C)C3=C(CC[C@]12C)[C@@]1(C)CCC(N)C(C)(C)[C@@H]1CC3)C(=O)O. The minimum Gasteiger partial charge on any atom is -0.481 e. The van der Waals surface area contributed by atoms with E-state index in [1.54, 1.807) is 17.7 Å². The highest BCUT2D eigenvalue weighted by Gasteiger charge is 2.63. The van der Waals surface area contributed by atoms with Gasteiger partial charge >= 0.3 is 11.9 Å². The van der Waals surface area contributed by atoms with Crippen molar-refractivity contribution in [3.05, 3.63) is 11.1 Å². The highest BCUT2D eigenvalue weighted by atomic mass is 33.1. The van der Waals surface area contributed by atoms with E-state index >= 15 is 0 Å². The first kappa shape index (κ1) is 37.2. The highest BCUT2D eigenvalue weighted by molar-refractivity contribution is 8.76. The Kier molecular flexibility index (Phi) is 11.3. The highest BCUT2D eigenvalue weighted by Crippen LogP contribution is 2.72. The van der Waals surface area contributed by atoms with Gasteiger partial charge in [0.25, 0.3) is 0 Å². The molecule has 0 saturated heterocycles. The van der Waals surface area contributed by atoms with Crippen LogP contribution in [0.25, 0.3) is 0 Å². The van der Waals surface area contributed by atoms with Gasteiger partial charge in [0.1, 0.15) is 5.60 Å². The molecule has 0 aliphatic heterocycles. The molecule has 0 aromatic rings. The number of rotatable bonds is 13. The zero-order valence-corrected chi connectivity index (χ0v) is 31.9. The second-order valence-corrected chi connectivity index (χ2v) is 20.1. The predicted octanol–water partition coefficient (Wildman–Crippen LogP) is 9.93. The normalized spacial score (nSPS) is 36.4. The molecular formula is C38H65NO4S2. The molecule has 7 heteroatoms. The van der Waals surface area contributed by atoms with Crippen LogP contribution in [0.3, 0.4) is 0 Å². The molecule has 2 saturated carbocycles. The van der Waals surface area contributed by atoms with Crippen molar-refractivity contribution in [2.75, 3.05) is 11.5 Å². The molecule has 4 aliphatic carbocycles. The lowest BCUT2D eigenvalue weighted by molar-refractivity contribution is -0.160. The van der Waals surface area contributed by atoms with Gasteiger partial charge in [0, 0.05) is 17.5 Å². The summed E-state index contributed by atoms with van der Waals surface area (Å²) in [7, 11) is 3.08. The number of fused-ring (bicyclic) bond motifs is 4. The van der Waals surface area contributed by atoms with Gasteiger partial charge in [0.05, 0.1) is 11.8 Å². The fraction of sp³-hybridized carbons (Fsp3) is 0.895. The molecule has 0 heterocycles. The Bertz CT molecular complexity index is 1130. The molecule has 9 atom stereocenters. The Hall–Kier alpha value is -0.660. The maximum absolute atomic E-state index is 12.9. The van der Waals surface area contributed by atoms with E-state index in [9.17, 15) is 9.59 Å². The number of nitrogens with two attached hydrogens (primary N) is 1. The number of carbonyl (C=O) groups is 2. The number of allylic oxidation sites excluding steroid dienone is 2. The number of hydrogen-bond donors (Lipinski definition) is 2. The van der Waals surface area contributed by atoms with Gasteiger partial charge in [0.2, 0.25) is 0 Å². The van der Waals surface area contributed by atoms with Gasteiger partial charge in [-0.05, 0) is 117 Å². The van der Waals surface area contributed by atoms with Crippen LogP contribution < -0.4 is 5.73 Å². The standard InChI is InChI=1S/C38H65NO4S2/c1-24(12-11-18-34(4,5)43-33(42)26(3)23-45-44-22-25(2)32(40)41)27-15-20-38(10)29-13-14-30-35(6,7)31(39)17-19-36(30,8)28(29)16-21-37(27,38)9/h24-27,30-31H,11-23,39H2,1-10H3,(H,40,41)/t24-,25?,26?,27-,30+,31?,36-,37-,38+/m1/s1. The lowest BCUT2D eigenvalue weighted by atomic mass is 9.43. The van der Waals surface area contributed by atoms with Crippen molar-refractivity contribution >= 4 is 33.5 Å². The van der Waals surface area contributed by atoms with Gasteiger partial charge in [-0.15, -0.1) is 0 Å². The van der Waals surface area contributed by atoms with Crippen LogP contribution in [-0.2, 0) is 14.3 Å². The van der Waals surface area contributed by atoms with E-state index in [0.29, 0.717) is 45.6 Å². The fourth-order valence-corrected chi connectivity index (χ4v) is 13.3. The minimum absolute atomic E-state index is 0.149. The first-order valence-corrected chi connectivity index (χ1v) is 20.5. The van der Waals surface area contributed by atoms with E-state index < -0.39 is 11.6 Å². The summed E-state index contributed by atoms with van der Waals surface area (Å²) >= 11 is 0. The van der Waals surface area contributed by atoms with Crippen molar-refractivity contribution < 1.29 is 19.4 Å². The summed E-state index contributed by atoms with van der Waals surface area (Å²) < 4.78 is 6.01. The molecule has 0 aromatic carbocycles. The molecule has 4 rings (SSSR count). The van der Waals surface area contributed by atoms with Gasteiger partial charge in [-0.2, -0.15) is 0 Å². The van der Waals surface area contributed by atoms with Crippen LogP contribution in [0.5, 0.6) is 0 Å². The molecular weight excluding hydrogens is 599 g/mol. The zero-order chi connectivity index (χ0) is 33.6. The first-order chi connectivity index (χ1) is 20.8. The third kappa shape index (κ3) is 7.07. The monoisotopic (exact) mass is 663 g/mol. The number of carboxylic acids is 1. The van der Waals surface area contributed by atoms with Crippen LogP contribution in [0.1, 0.15) is 140 Å². The Morgan fingerprint density at radius 2 is 1.58 bits per heavy atom. The molecule has 45 heavy (non-hydrogen) atoms. The zero-order valence-electron chi connectivity index (χ0n) is 30.2. The van der Waals surface area contributed by atoms with Crippen LogP contribution in [0.15, 0.2) is 11.1 Å². The third-order valence-corrected chi connectivity index (χ3v) is 16.7. The summed E-state index contributed by atoms with van der Waals surface area (Å²) in [5.74, 6) is 1.74. The van der Waals surface area contributed by atoms with E-state index in [4.69, 9.17) is 15.6 Å². The Morgan fingerprint density at radius 1 is 0.933 bits per heavy atom. The van der Waals surface area contributed by atoms with Crippen LogP contribution in [0.4, 0.5) is 0 Å². The third-order valence-electron chi connectivity index (χ3n) is 14.0. The lowest BCUT2D eigenvalue weighted by Crippen LogP contribution is -2.57. The van der Waals surface area contributed by atoms with Gasteiger partial charge in [-0.3, -0.25) is 9.59 Å². The summed E-state index contributed by atoms with van der Waals surface area (Å²) in [4.78, 5) is 23.9. The van der Waals surface area contributed by atoms with Crippen LogP contribution in [0, 0.1) is 51.2 Å². The van der Waals surface area contributed by atoms with Crippen LogP contribution in [-0.4, -0.2) is 40.2 Å². The molecule has 258 valence electrons. The quantitative estimate of drug-likeness (QED) is 0.0877. The minimum atomic E-state index is -0.779.